The number of nitrogens with one attached hydrogen (secondary N) is 2. The van der Waals surface area contributed by atoms with E-state index < -0.39 is 0 Å². The van der Waals surface area contributed by atoms with Gasteiger partial charge in [-0.2, -0.15) is 0 Å². The molecule has 2 N–H and O–H groups in total. The van der Waals surface area contributed by atoms with Crippen LogP contribution < -0.4 is 10.6 Å². The highest BCUT2D eigenvalue weighted by Crippen LogP contribution is 2.24. The number of piperazine rings is 1. The van der Waals surface area contributed by atoms with Crippen molar-refractivity contribution in [1.29, 1.82) is 0 Å². The van der Waals surface area contributed by atoms with E-state index in [0.717, 1.165) is 12.6 Å². The molecule has 2 nitrogen and oxygen atoms in total. The third-order valence-electron chi connectivity index (χ3n) is 2.50. The maximum absolute atomic E-state index is 3.60. The zero-order valence-corrected chi connectivity index (χ0v) is 5.91. The minimum Gasteiger partial charge on any atom is -0.313 e. The van der Waals surface area contributed by atoms with Gasteiger partial charge >= 0.3 is 0 Å². The van der Waals surface area contributed by atoms with Crippen LogP contribution in [-0.2, 0) is 0 Å². The minimum absolute atomic E-state index is 0.433. The van der Waals surface area contributed by atoms with Crippen LogP contribution in [0.15, 0.2) is 0 Å². The van der Waals surface area contributed by atoms with Gasteiger partial charge in [-0.05, 0) is 19.8 Å². The molecular formula is C7H14N2. The molecule has 2 heteroatoms. The summed E-state index contributed by atoms with van der Waals surface area (Å²) >= 11 is 0. The largest absolute Gasteiger partial charge is 0.313 e. The first-order chi connectivity index (χ1) is 4.29. The first kappa shape index (κ1) is 5.69. The summed E-state index contributed by atoms with van der Waals surface area (Å²) in [6.45, 7) is 4.64. The Hall–Kier alpha value is -0.0800. The van der Waals surface area contributed by atoms with Gasteiger partial charge in [0.2, 0.25) is 0 Å². The van der Waals surface area contributed by atoms with Crippen LogP contribution in [0.4, 0.5) is 0 Å². The average molecular weight is 126 g/mol. The average Bonchev–Trinajstić information content (AvgIpc) is 2.07. The molecule has 0 aliphatic carbocycles. The normalized spacial score (nSPS) is 49.7. The highest BCUT2D eigenvalue weighted by atomic mass is 15.1. The number of fused-ring (bicyclic) bond motifs is 2. The Bertz CT molecular complexity index is 120. The lowest BCUT2D eigenvalue weighted by atomic mass is 10.0. The number of rotatable bonds is 0. The van der Waals surface area contributed by atoms with Gasteiger partial charge in [-0.3, -0.25) is 0 Å². The van der Waals surface area contributed by atoms with Gasteiger partial charge in [0.15, 0.2) is 0 Å². The molecule has 0 radical (unpaired) electrons. The summed E-state index contributed by atoms with van der Waals surface area (Å²) in [5, 5.41) is 7.03. The molecule has 2 aliphatic rings. The predicted octanol–water partition coefficient (Wildman–Crippen LogP) is 0.100. The molecule has 2 fully saturated rings. The van der Waals surface area contributed by atoms with Crippen molar-refractivity contribution >= 4 is 0 Å². The third-order valence-corrected chi connectivity index (χ3v) is 2.50. The molecule has 0 aromatic rings. The summed E-state index contributed by atoms with van der Waals surface area (Å²) in [6.07, 6.45) is 2.72. The molecule has 9 heavy (non-hydrogen) atoms. The lowest BCUT2D eigenvalue weighted by Gasteiger charge is -2.31. The van der Waals surface area contributed by atoms with Gasteiger partial charge in [0.05, 0.1) is 0 Å². The molecule has 2 heterocycles. The van der Waals surface area contributed by atoms with Crippen molar-refractivity contribution in [2.24, 2.45) is 0 Å². The summed E-state index contributed by atoms with van der Waals surface area (Å²) in [4.78, 5) is 0. The first-order valence-electron chi connectivity index (χ1n) is 3.77. The van der Waals surface area contributed by atoms with Crippen molar-refractivity contribution < 1.29 is 0 Å². The predicted molar refractivity (Wildman–Crippen MR) is 37.4 cm³/mol. The Morgan fingerprint density at radius 2 is 2.44 bits per heavy atom. The highest BCUT2D eigenvalue weighted by Gasteiger charge is 2.36. The molecule has 2 bridgehead atoms. The Balaban J connectivity index is 2.13. The van der Waals surface area contributed by atoms with E-state index in [1.165, 1.54) is 19.4 Å². The number of hydrogen-bond acceptors (Lipinski definition) is 2. The van der Waals surface area contributed by atoms with E-state index in [2.05, 4.69) is 17.6 Å². The van der Waals surface area contributed by atoms with Crippen LogP contribution in [0, 0.1) is 0 Å². The Kier molecular flexibility index (Phi) is 1.08. The second-order valence-corrected chi connectivity index (χ2v) is 3.57. The second kappa shape index (κ2) is 1.70. The van der Waals surface area contributed by atoms with E-state index in [-0.39, 0.29) is 0 Å². The van der Waals surface area contributed by atoms with Gasteiger partial charge < -0.3 is 10.6 Å². The van der Waals surface area contributed by atoms with Gasteiger partial charge in [0, 0.05) is 24.7 Å². The van der Waals surface area contributed by atoms with Crippen LogP contribution >= 0.6 is 0 Å². The lowest BCUT2D eigenvalue weighted by molar-refractivity contribution is 0.319. The van der Waals surface area contributed by atoms with Crippen LogP contribution in [0.25, 0.3) is 0 Å². The fraction of sp³-hybridized carbons (Fsp3) is 1.00. The van der Waals surface area contributed by atoms with E-state index in [1.807, 2.05) is 0 Å². The van der Waals surface area contributed by atoms with Crippen molar-refractivity contribution in [2.75, 3.05) is 13.1 Å². The molecule has 0 aromatic carbocycles. The molecule has 2 saturated heterocycles. The van der Waals surface area contributed by atoms with E-state index >= 15 is 0 Å². The summed E-state index contributed by atoms with van der Waals surface area (Å²) in [5.74, 6) is 0. The number of hydrogen-bond donors (Lipinski definition) is 2. The molecule has 52 valence electrons. The van der Waals surface area contributed by atoms with E-state index in [9.17, 15) is 0 Å². The fourth-order valence-electron chi connectivity index (χ4n) is 1.94. The summed E-state index contributed by atoms with van der Waals surface area (Å²) in [5.41, 5.74) is 0.433. The summed E-state index contributed by atoms with van der Waals surface area (Å²) in [7, 11) is 0. The van der Waals surface area contributed by atoms with Gasteiger partial charge in [0.1, 0.15) is 0 Å². The molecule has 0 saturated carbocycles. The standard InChI is InChI=1S/C7H14N2/c1-7-3-2-6(9-7)4-8-5-7/h6,8-9H,2-5H2,1H3/t6-,7-/m0/s1. The van der Waals surface area contributed by atoms with E-state index in [4.69, 9.17) is 0 Å². The van der Waals surface area contributed by atoms with Crippen LogP contribution in [0.3, 0.4) is 0 Å². The zero-order valence-electron chi connectivity index (χ0n) is 5.91. The SMILES string of the molecule is C[C@]12CC[C@@H](CNC1)N2. The molecular weight excluding hydrogens is 112 g/mol. The van der Waals surface area contributed by atoms with Crippen LogP contribution in [-0.4, -0.2) is 24.7 Å². The topological polar surface area (TPSA) is 24.1 Å². The van der Waals surface area contributed by atoms with Crippen molar-refractivity contribution in [3.8, 4) is 0 Å². The van der Waals surface area contributed by atoms with Crippen LogP contribution in [0.1, 0.15) is 19.8 Å². The molecule has 2 rings (SSSR count). The Labute approximate surface area is 56.0 Å². The van der Waals surface area contributed by atoms with Crippen LogP contribution in [0.2, 0.25) is 0 Å². The van der Waals surface area contributed by atoms with Gasteiger partial charge in [-0.1, -0.05) is 0 Å². The minimum atomic E-state index is 0.433. The van der Waals surface area contributed by atoms with Crippen molar-refractivity contribution in [2.45, 2.75) is 31.3 Å². The highest BCUT2D eigenvalue weighted by molar-refractivity contribution is 5.00. The summed E-state index contributed by atoms with van der Waals surface area (Å²) in [6, 6.07) is 0.767. The second-order valence-electron chi connectivity index (χ2n) is 3.57. The molecule has 2 aliphatic heterocycles. The molecule has 0 amide bonds. The third kappa shape index (κ3) is 0.864. The van der Waals surface area contributed by atoms with Crippen molar-refractivity contribution in [1.82, 2.24) is 10.6 Å². The fourth-order valence-corrected chi connectivity index (χ4v) is 1.94. The molecule has 0 aromatic heterocycles. The molecule has 0 unspecified atom stereocenters. The first-order valence-corrected chi connectivity index (χ1v) is 3.77. The monoisotopic (exact) mass is 126 g/mol. The van der Waals surface area contributed by atoms with Crippen LogP contribution in [0.5, 0.6) is 0 Å². The van der Waals surface area contributed by atoms with Gasteiger partial charge in [-0.15, -0.1) is 0 Å². The van der Waals surface area contributed by atoms with Crippen molar-refractivity contribution in [3.05, 3.63) is 0 Å². The Morgan fingerprint density at radius 1 is 1.56 bits per heavy atom. The maximum atomic E-state index is 3.60. The van der Waals surface area contributed by atoms with Gasteiger partial charge in [-0.25, -0.2) is 0 Å². The van der Waals surface area contributed by atoms with E-state index in [0.29, 0.717) is 5.54 Å². The quantitative estimate of drug-likeness (QED) is 0.481. The maximum Gasteiger partial charge on any atom is 0.0281 e. The summed E-state index contributed by atoms with van der Waals surface area (Å²) < 4.78 is 0. The zero-order chi connectivity index (χ0) is 6.32. The molecule has 0 spiro atoms. The van der Waals surface area contributed by atoms with Gasteiger partial charge in [0.25, 0.3) is 0 Å². The smallest absolute Gasteiger partial charge is 0.0281 e. The van der Waals surface area contributed by atoms with Crippen molar-refractivity contribution in [3.63, 3.8) is 0 Å². The van der Waals surface area contributed by atoms with E-state index in [1.54, 1.807) is 0 Å². The molecule has 2 atom stereocenters. The Morgan fingerprint density at radius 3 is 3.11 bits per heavy atom. The lowest BCUT2D eigenvalue weighted by Crippen LogP contribution is -2.56.